The summed E-state index contributed by atoms with van der Waals surface area (Å²) in [6.07, 6.45) is 0. The van der Waals surface area contributed by atoms with Gasteiger partial charge in [0.1, 0.15) is 5.92 Å². The van der Waals surface area contributed by atoms with Crippen LogP contribution in [0.3, 0.4) is 0 Å². The number of hydrogen-bond donors (Lipinski definition) is 2. The number of para-hydroxylation sites is 1. The molecule has 7 nitrogen and oxygen atoms in total. The maximum Gasteiger partial charge on any atom is 0.319 e. The zero-order chi connectivity index (χ0) is 23.3. The normalized spacial score (nSPS) is 17.9. The number of allylic oxidation sites excluding steroid dienone is 1. The van der Waals surface area contributed by atoms with Crippen molar-refractivity contribution in [3.05, 3.63) is 75.3 Å². The molecule has 0 radical (unpaired) electrons. The number of nitrogens with zero attached hydrogens (tertiary/aromatic N) is 1. The third kappa shape index (κ3) is 5.13. The Morgan fingerprint density at radius 1 is 1.22 bits per heavy atom. The van der Waals surface area contributed by atoms with Crippen LogP contribution in [0.2, 0.25) is 5.02 Å². The Morgan fingerprint density at radius 3 is 2.53 bits per heavy atom. The van der Waals surface area contributed by atoms with Crippen molar-refractivity contribution in [2.24, 2.45) is 5.92 Å². The molecule has 0 spiro atoms. The summed E-state index contributed by atoms with van der Waals surface area (Å²) in [5.41, 5.74) is 2.34. The van der Waals surface area contributed by atoms with Gasteiger partial charge in [-0.15, -0.1) is 0 Å². The number of nitriles is 1. The molecule has 32 heavy (non-hydrogen) atoms. The molecule has 2 N–H and O–H groups in total. The van der Waals surface area contributed by atoms with Gasteiger partial charge in [-0.05, 0) is 36.2 Å². The van der Waals surface area contributed by atoms with E-state index in [2.05, 4.69) is 16.7 Å². The minimum absolute atomic E-state index is 0.0364. The summed E-state index contributed by atoms with van der Waals surface area (Å²) in [5, 5.41) is 16.0. The van der Waals surface area contributed by atoms with Crippen LogP contribution in [0, 0.1) is 24.2 Å². The van der Waals surface area contributed by atoms with Gasteiger partial charge in [-0.1, -0.05) is 53.7 Å². The number of carbonyl (C=O) groups excluding carboxylic acids is 3. The van der Waals surface area contributed by atoms with Crippen LogP contribution in [-0.4, -0.2) is 30.6 Å². The van der Waals surface area contributed by atoms with E-state index in [0.29, 0.717) is 16.3 Å². The van der Waals surface area contributed by atoms with Gasteiger partial charge in [0.05, 0.1) is 29.5 Å². The summed E-state index contributed by atoms with van der Waals surface area (Å²) in [7, 11) is 1.18. The summed E-state index contributed by atoms with van der Waals surface area (Å²) in [5.74, 6) is -3.78. The fraction of sp³-hybridized carbons (Fsp3) is 0.217. The molecule has 0 unspecified atom stereocenters. The van der Waals surface area contributed by atoms with Gasteiger partial charge >= 0.3 is 5.97 Å². The molecule has 2 atom stereocenters. The summed E-state index contributed by atoms with van der Waals surface area (Å²) in [6, 6.07) is 16.0. The molecular weight excluding hydrogens is 450 g/mol. The predicted molar refractivity (Wildman–Crippen MR) is 123 cm³/mol. The van der Waals surface area contributed by atoms with Gasteiger partial charge in [0.15, 0.2) is 0 Å². The van der Waals surface area contributed by atoms with Gasteiger partial charge < -0.3 is 15.4 Å². The van der Waals surface area contributed by atoms with Crippen LogP contribution >= 0.6 is 23.4 Å². The first kappa shape index (κ1) is 23.4. The second kappa shape index (κ2) is 10.4. The van der Waals surface area contributed by atoms with Crippen molar-refractivity contribution in [3.8, 4) is 6.07 Å². The molecule has 164 valence electrons. The SMILES string of the molecule is COC(=O)[C@H]1C(=O)NC(SCC(=O)Nc2ccccc2C)=C(C#N)[C@H]1c1ccc(Cl)cc1. The Balaban J connectivity index is 1.89. The molecule has 0 bridgehead atoms. The number of ether oxygens (including phenoxy) is 1. The summed E-state index contributed by atoms with van der Waals surface area (Å²) < 4.78 is 4.81. The topological polar surface area (TPSA) is 108 Å². The molecule has 0 saturated carbocycles. The molecule has 0 aliphatic carbocycles. The van der Waals surface area contributed by atoms with E-state index >= 15 is 0 Å². The number of hydrogen-bond acceptors (Lipinski definition) is 6. The molecule has 1 heterocycles. The van der Waals surface area contributed by atoms with Gasteiger partial charge in [-0.3, -0.25) is 14.4 Å². The largest absolute Gasteiger partial charge is 0.468 e. The highest BCUT2D eigenvalue weighted by Gasteiger charge is 2.44. The average Bonchev–Trinajstić information content (AvgIpc) is 2.78. The van der Waals surface area contributed by atoms with Crippen LogP contribution < -0.4 is 10.6 Å². The maximum absolute atomic E-state index is 12.8. The lowest BCUT2D eigenvalue weighted by Gasteiger charge is -2.30. The molecule has 2 aromatic carbocycles. The van der Waals surface area contributed by atoms with Crippen LogP contribution in [0.15, 0.2) is 59.1 Å². The number of aryl methyl sites for hydroxylation is 1. The smallest absolute Gasteiger partial charge is 0.319 e. The fourth-order valence-corrected chi connectivity index (χ4v) is 4.36. The van der Waals surface area contributed by atoms with E-state index in [-0.39, 0.29) is 22.3 Å². The van der Waals surface area contributed by atoms with Crippen molar-refractivity contribution in [2.75, 3.05) is 18.2 Å². The van der Waals surface area contributed by atoms with Crippen LogP contribution in [0.5, 0.6) is 0 Å². The molecule has 1 aliphatic rings. The number of anilines is 1. The number of rotatable bonds is 6. The van der Waals surface area contributed by atoms with Crippen LogP contribution in [-0.2, 0) is 19.1 Å². The highest BCUT2D eigenvalue weighted by Crippen LogP contribution is 2.40. The van der Waals surface area contributed by atoms with Crippen molar-refractivity contribution in [1.82, 2.24) is 5.32 Å². The summed E-state index contributed by atoms with van der Waals surface area (Å²) in [4.78, 5) is 37.6. The Hall–Kier alpha value is -3.28. The number of benzene rings is 2. The third-order valence-corrected chi connectivity index (χ3v) is 6.25. The van der Waals surface area contributed by atoms with E-state index in [1.165, 1.54) is 7.11 Å². The lowest BCUT2D eigenvalue weighted by atomic mass is 9.78. The van der Waals surface area contributed by atoms with Crippen molar-refractivity contribution in [1.29, 1.82) is 5.26 Å². The van der Waals surface area contributed by atoms with Crippen molar-refractivity contribution >= 4 is 46.8 Å². The second-order valence-corrected chi connectivity index (χ2v) is 8.45. The number of nitrogens with one attached hydrogen (secondary N) is 2. The zero-order valence-corrected chi connectivity index (χ0v) is 18.9. The maximum atomic E-state index is 12.8. The number of amides is 2. The van der Waals surface area contributed by atoms with Crippen LogP contribution in [0.4, 0.5) is 5.69 Å². The fourth-order valence-electron chi connectivity index (χ4n) is 3.39. The van der Waals surface area contributed by atoms with E-state index < -0.39 is 23.7 Å². The predicted octanol–water partition coefficient (Wildman–Crippen LogP) is 3.76. The van der Waals surface area contributed by atoms with E-state index in [9.17, 15) is 19.6 Å². The highest BCUT2D eigenvalue weighted by molar-refractivity contribution is 8.03. The highest BCUT2D eigenvalue weighted by atomic mass is 35.5. The molecule has 2 amide bonds. The van der Waals surface area contributed by atoms with Crippen LogP contribution in [0.25, 0.3) is 0 Å². The average molecular weight is 470 g/mol. The number of carbonyl (C=O) groups is 3. The lowest BCUT2D eigenvalue weighted by Crippen LogP contribution is -2.44. The van der Waals surface area contributed by atoms with E-state index in [4.69, 9.17) is 16.3 Å². The first-order chi connectivity index (χ1) is 15.3. The van der Waals surface area contributed by atoms with E-state index in [1.807, 2.05) is 25.1 Å². The van der Waals surface area contributed by atoms with Crippen molar-refractivity contribution < 1.29 is 19.1 Å². The third-order valence-electron chi connectivity index (χ3n) is 4.98. The first-order valence-corrected chi connectivity index (χ1v) is 11.0. The molecule has 3 rings (SSSR count). The number of methoxy groups -OCH3 is 1. The molecule has 1 aliphatic heterocycles. The number of thioether (sulfide) groups is 1. The summed E-state index contributed by atoms with van der Waals surface area (Å²) in [6.45, 7) is 1.88. The lowest BCUT2D eigenvalue weighted by molar-refractivity contribution is -0.150. The molecular formula is C23H20ClN3O4S. The molecule has 0 aromatic heterocycles. The minimum atomic E-state index is -1.24. The standard InChI is InChI=1S/C23H20ClN3O4S/c1-13-5-3-4-6-17(13)26-18(28)12-32-22-16(11-25)19(14-7-9-15(24)10-8-14)20(21(29)27-22)23(30)31-2/h3-10,19-20H,12H2,1-2H3,(H,26,28)(H,27,29)/t19-,20-/m1/s1. The van der Waals surface area contributed by atoms with Crippen molar-refractivity contribution in [2.45, 2.75) is 12.8 Å². The van der Waals surface area contributed by atoms with E-state index in [1.54, 1.807) is 30.3 Å². The first-order valence-electron chi connectivity index (χ1n) is 9.62. The van der Waals surface area contributed by atoms with E-state index in [0.717, 1.165) is 17.3 Å². The Labute approximate surface area is 194 Å². The minimum Gasteiger partial charge on any atom is -0.468 e. The van der Waals surface area contributed by atoms with Gasteiger partial charge in [-0.2, -0.15) is 5.26 Å². The van der Waals surface area contributed by atoms with Crippen LogP contribution in [0.1, 0.15) is 17.0 Å². The van der Waals surface area contributed by atoms with Crippen molar-refractivity contribution in [3.63, 3.8) is 0 Å². The monoisotopic (exact) mass is 469 g/mol. The summed E-state index contributed by atoms with van der Waals surface area (Å²) >= 11 is 6.99. The van der Waals surface area contributed by atoms with Gasteiger partial charge in [0.25, 0.3) is 0 Å². The Kier molecular flexibility index (Phi) is 7.57. The quantitative estimate of drug-likeness (QED) is 0.492. The van der Waals surface area contributed by atoms with Gasteiger partial charge in [-0.25, -0.2) is 0 Å². The molecule has 0 saturated heterocycles. The number of halogens is 1. The Bertz CT molecular complexity index is 1120. The Morgan fingerprint density at radius 2 is 1.91 bits per heavy atom. The van der Waals surface area contributed by atoms with Gasteiger partial charge in [0.2, 0.25) is 11.8 Å². The zero-order valence-electron chi connectivity index (χ0n) is 17.3. The molecule has 2 aromatic rings. The molecule has 0 fully saturated rings. The second-order valence-electron chi connectivity index (χ2n) is 7.03. The molecule has 9 heteroatoms. The van der Waals surface area contributed by atoms with Gasteiger partial charge in [0, 0.05) is 16.6 Å². The number of esters is 1.